The van der Waals surface area contributed by atoms with Crippen LogP contribution in [0.4, 0.5) is 0 Å². The quantitative estimate of drug-likeness (QED) is 0.161. The molecule has 5 heteroatoms. The Bertz CT molecular complexity index is 321. The van der Waals surface area contributed by atoms with Crippen molar-refractivity contribution < 1.29 is 0 Å². The summed E-state index contributed by atoms with van der Waals surface area (Å²) >= 11 is 9.40. The monoisotopic (exact) mass is 410 g/mol. The van der Waals surface area contributed by atoms with Crippen LogP contribution in [0, 0.1) is 0 Å². The van der Waals surface area contributed by atoms with Gasteiger partial charge in [0.1, 0.15) is 4.32 Å². The van der Waals surface area contributed by atoms with Gasteiger partial charge < -0.3 is 4.90 Å². The summed E-state index contributed by atoms with van der Waals surface area (Å²) in [5.74, 6) is 0. The van der Waals surface area contributed by atoms with E-state index in [-0.39, 0.29) is 29.6 Å². The van der Waals surface area contributed by atoms with E-state index in [0.717, 1.165) is 30.5 Å². The Morgan fingerprint density at radius 2 is 1.08 bits per heavy atom. The first-order chi connectivity index (χ1) is 12.2. The summed E-state index contributed by atoms with van der Waals surface area (Å²) in [5, 5.41) is 0. The second kappa shape index (κ2) is 19.5. The van der Waals surface area contributed by atoms with Gasteiger partial charge >= 0.3 is 29.6 Å². The van der Waals surface area contributed by atoms with E-state index < -0.39 is 0 Å². The Hall–Kier alpha value is 1.20. The first-order valence-corrected chi connectivity index (χ1v) is 11.8. The third-order valence-corrected chi connectivity index (χ3v) is 6.01. The number of thiol groups is 1. The summed E-state index contributed by atoms with van der Waals surface area (Å²) in [6.07, 6.45) is 20.1. The van der Waals surface area contributed by atoms with Crippen LogP contribution in [-0.4, -0.2) is 76.4 Å². The molecular weight excluding hydrogens is 367 g/mol. The van der Waals surface area contributed by atoms with Crippen LogP contribution in [0.5, 0.6) is 0 Å². The molecule has 2 nitrogen and oxygen atoms in total. The first kappa shape index (κ1) is 27.2. The van der Waals surface area contributed by atoms with Crippen molar-refractivity contribution in [2.24, 2.45) is 0 Å². The van der Waals surface area contributed by atoms with Crippen LogP contribution < -0.4 is 0 Å². The molecule has 0 aromatic rings. The minimum absolute atomic E-state index is 0. The summed E-state index contributed by atoms with van der Waals surface area (Å²) in [5.41, 5.74) is 0. The molecule has 1 fully saturated rings. The fourth-order valence-corrected chi connectivity index (χ4v) is 4.08. The van der Waals surface area contributed by atoms with Crippen LogP contribution >= 0.6 is 24.8 Å². The molecule has 0 atom stereocenters. The standard InChI is InChI=1S/C21H42N2S2.Na.H/c1-2-3-4-5-6-7-8-9-10-11-12-13-14-15-16-22-17-19-23(20-18-22)21(24)25;;/h2-20H2,1H3,(H,24,25);;. The summed E-state index contributed by atoms with van der Waals surface area (Å²) in [6, 6.07) is 0. The number of unbranched alkanes of at least 4 members (excludes halogenated alkanes) is 13. The molecule has 1 aliphatic rings. The molecule has 0 amide bonds. The third kappa shape index (κ3) is 15.2. The second-order valence-electron chi connectivity index (χ2n) is 7.71. The van der Waals surface area contributed by atoms with E-state index in [4.69, 9.17) is 12.2 Å². The molecule has 1 saturated heterocycles. The summed E-state index contributed by atoms with van der Waals surface area (Å²) in [4.78, 5) is 4.79. The molecule has 1 aliphatic heterocycles. The Kier molecular flexibility index (Phi) is 20.4. The van der Waals surface area contributed by atoms with Crippen molar-refractivity contribution in [3.63, 3.8) is 0 Å². The molecule has 1 rings (SSSR count). The van der Waals surface area contributed by atoms with Gasteiger partial charge in [0.2, 0.25) is 0 Å². The van der Waals surface area contributed by atoms with Crippen LogP contribution in [-0.2, 0) is 0 Å². The molecular formula is C21H43N2NaS2. The minimum atomic E-state index is 0. The fraction of sp³-hybridized carbons (Fsp3) is 0.952. The van der Waals surface area contributed by atoms with E-state index in [2.05, 4.69) is 29.4 Å². The average Bonchev–Trinajstić information content (AvgIpc) is 2.62. The number of thiocarbonyl (C=S) groups is 1. The fourth-order valence-electron chi connectivity index (χ4n) is 3.69. The maximum absolute atomic E-state index is 5.13. The molecule has 0 aliphatic carbocycles. The molecule has 1 heterocycles. The summed E-state index contributed by atoms with van der Waals surface area (Å²) in [7, 11) is 0. The van der Waals surface area contributed by atoms with Gasteiger partial charge in [-0.15, -0.1) is 12.6 Å². The predicted molar refractivity (Wildman–Crippen MR) is 127 cm³/mol. The van der Waals surface area contributed by atoms with Gasteiger partial charge in [-0.2, -0.15) is 0 Å². The number of piperazine rings is 1. The average molecular weight is 411 g/mol. The van der Waals surface area contributed by atoms with Gasteiger partial charge in [-0.1, -0.05) is 103 Å². The van der Waals surface area contributed by atoms with E-state index in [0.29, 0.717) is 0 Å². The van der Waals surface area contributed by atoms with Gasteiger partial charge in [-0.05, 0) is 13.0 Å². The molecule has 150 valence electrons. The van der Waals surface area contributed by atoms with Crippen molar-refractivity contribution in [3.8, 4) is 0 Å². The van der Waals surface area contributed by atoms with Crippen molar-refractivity contribution in [1.82, 2.24) is 9.80 Å². The zero-order valence-corrected chi connectivity index (χ0v) is 18.4. The van der Waals surface area contributed by atoms with Crippen LogP contribution in [0.1, 0.15) is 96.8 Å². The Morgan fingerprint density at radius 1 is 0.692 bits per heavy atom. The van der Waals surface area contributed by atoms with Gasteiger partial charge in [0, 0.05) is 26.2 Å². The topological polar surface area (TPSA) is 6.48 Å². The molecule has 0 aromatic carbocycles. The van der Waals surface area contributed by atoms with Crippen LogP contribution in [0.2, 0.25) is 0 Å². The molecule has 0 radical (unpaired) electrons. The van der Waals surface area contributed by atoms with Crippen molar-refractivity contribution in [2.75, 3.05) is 32.7 Å². The Labute approximate surface area is 196 Å². The molecule has 0 bridgehead atoms. The Balaban J connectivity index is 0.00000625. The van der Waals surface area contributed by atoms with Crippen molar-refractivity contribution in [3.05, 3.63) is 0 Å². The van der Waals surface area contributed by atoms with Crippen molar-refractivity contribution in [1.29, 1.82) is 0 Å². The number of rotatable bonds is 15. The van der Waals surface area contributed by atoms with Crippen LogP contribution in [0.3, 0.4) is 0 Å². The van der Waals surface area contributed by atoms with Crippen molar-refractivity contribution in [2.45, 2.75) is 96.8 Å². The molecule has 0 unspecified atom stereocenters. The molecule has 0 aromatic heterocycles. The SMILES string of the molecule is CCCCCCCCCCCCCCCCN1CCN(C(=S)S)CC1.[NaH]. The van der Waals surface area contributed by atoms with E-state index in [1.165, 1.54) is 96.4 Å². The van der Waals surface area contributed by atoms with E-state index in [1.54, 1.807) is 0 Å². The zero-order valence-electron chi connectivity index (χ0n) is 16.7. The predicted octanol–water partition coefficient (Wildman–Crippen LogP) is 5.65. The molecule has 0 saturated carbocycles. The van der Waals surface area contributed by atoms with Gasteiger partial charge in [-0.25, -0.2) is 0 Å². The van der Waals surface area contributed by atoms with E-state index in [9.17, 15) is 0 Å². The van der Waals surface area contributed by atoms with Crippen LogP contribution in [0.15, 0.2) is 0 Å². The van der Waals surface area contributed by atoms with Gasteiger partial charge in [-0.3, -0.25) is 4.90 Å². The maximum atomic E-state index is 5.13. The zero-order chi connectivity index (χ0) is 18.2. The van der Waals surface area contributed by atoms with Crippen LogP contribution in [0.25, 0.3) is 0 Å². The normalized spacial score (nSPS) is 15.1. The summed E-state index contributed by atoms with van der Waals surface area (Å²) in [6.45, 7) is 7.98. The van der Waals surface area contributed by atoms with Gasteiger partial charge in [0.15, 0.2) is 0 Å². The second-order valence-corrected chi connectivity index (χ2v) is 8.82. The molecule has 0 spiro atoms. The Morgan fingerprint density at radius 3 is 1.46 bits per heavy atom. The number of nitrogens with zero attached hydrogens (tertiary/aromatic N) is 2. The van der Waals surface area contributed by atoms with E-state index >= 15 is 0 Å². The van der Waals surface area contributed by atoms with Gasteiger partial charge in [0.05, 0.1) is 0 Å². The van der Waals surface area contributed by atoms with Gasteiger partial charge in [0.25, 0.3) is 0 Å². The van der Waals surface area contributed by atoms with E-state index in [1.807, 2.05) is 0 Å². The molecule has 0 N–H and O–H groups in total. The summed E-state index contributed by atoms with van der Waals surface area (Å²) < 4.78 is 0.760. The number of hydrogen-bond donors (Lipinski definition) is 1. The van der Waals surface area contributed by atoms with Crippen molar-refractivity contribution >= 4 is 58.7 Å². The third-order valence-electron chi connectivity index (χ3n) is 5.47. The molecule has 26 heavy (non-hydrogen) atoms. The number of hydrogen-bond acceptors (Lipinski definition) is 2. The first-order valence-electron chi connectivity index (χ1n) is 10.9.